The Labute approximate surface area is 108 Å². The van der Waals surface area contributed by atoms with Gasteiger partial charge in [-0.1, -0.05) is 6.08 Å². The largest absolute Gasteiger partial charge is 0.480 e. The van der Waals surface area contributed by atoms with Gasteiger partial charge in [0.2, 0.25) is 5.91 Å². The average Bonchev–Trinajstić information content (AvgIpc) is 2.29. The second-order valence-electron chi connectivity index (χ2n) is 4.35. The fourth-order valence-electron chi connectivity index (χ4n) is 1.36. The lowest BCUT2D eigenvalue weighted by Gasteiger charge is -2.13. The van der Waals surface area contributed by atoms with Crippen molar-refractivity contribution in [2.75, 3.05) is 6.61 Å². The van der Waals surface area contributed by atoms with Crippen molar-refractivity contribution in [3.63, 3.8) is 0 Å². The molecule has 5 nitrogen and oxygen atoms in total. The van der Waals surface area contributed by atoms with Crippen molar-refractivity contribution in [3.8, 4) is 0 Å². The van der Waals surface area contributed by atoms with Crippen LogP contribution in [0.25, 0.3) is 0 Å². The van der Waals surface area contributed by atoms with Gasteiger partial charge in [0.25, 0.3) is 0 Å². The zero-order valence-corrected chi connectivity index (χ0v) is 11.1. The molecule has 0 aliphatic carbocycles. The Balaban J connectivity index is 3.87. The van der Waals surface area contributed by atoms with Crippen molar-refractivity contribution in [1.82, 2.24) is 5.32 Å². The summed E-state index contributed by atoms with van der Waals surface area (Å²) >= 11 is 0. The molecule has 104 valence electrons. The number of carbonyl (C=O) groups excluding carboxylic acids is 1. The van der Waals surface area contributed by atoms with Gasteiger partial charge in [0.1, 0.15) is 6.04 Å². The van der Waals surface area contributed by atoms with E-state index in [0.717, 1.165) is 0 Å². The number of hydrogen-bond acceptors (Lipinski definition) is 3. The molecular weight excluding hydrogens is 234 g/mol. The molecule has 0 heterocycles. The molecule has 0 saturated carbocycles. The summed E-state index contributed by atoms with van der Waals surface area (Å²) in [6.45, 7) is 7.89. The molecule has 0 spiro atoms. The Kier molecular flexibility index (Phi) is 8.92. The first-order chi connectivity index (χ1) is 8.47. The van der Waals surface area contributed by atoms with E-state index in [0.29, 0.717) is 25.9 Å². The van der Waals surface area contributed by atoms with Gasteiger partial charge in [0.05, 0.1) is 6.10 Å². The van der Waals surface area contributed by atoms with Crippen LogP contribution in [0.1, 0.15) is 39.5 Å². The van der Waals surface area contributed by atoms with Crippen LogP contribution in [0, 0.1) is 0 Å². The number of carboxylic acid groups (broad SMARTS) is 1. The molecule has 1 amide bonds. The van der Waals surface area contributed by atoms with E-state index in [9.17, 15) is 9.59 Å². The number of hydrogen-bond donors (Lipinski definition) is 2. The van der Waals surface area contributed by atoms with Crippen LogP contribution in [0.3, 0.4) is 0 Å². The highest BCUT2D eigenvalue weighted by Crippen LogP contribution is 2.00. The number of ether oxygens (including phenoxy) is 1. The van der Waals surface area contributed by atoms with Crippen LogP contribution in [0.15, 0.2) is 12.7 Å². The number of nitrogens with one attached hydrogen (secondary N) is 1. The minimum atomic E-state index is -1.01. The van der Waals surface area contributed by atoms with Crippen LogP contribution in [0.5, 0.6) is 0 Å². The van der Waals surface area contributed by atoms with Crippen LogP contribution in [0.2, 0.25) is 0 Å². The minimum Gasteiger partial charge on any atom is -0.480 e. The van der Waals surface area contributed by atoms with E-state index in [1.807, 2.05) is 13.8 Å². The van der Waals surface area contributed by atoms with E-state index in [-0.39, 0.29) is 18.4 Å². The molecule has 0 bridgehead atoms. The molecule has 0 aliphatic rings. The maximum Gasteiger partial charge on any atom is 0.326 e. The van der Waals surface area contributed by atoms with Gasteiger partial charge in [0, 0.05) is 13.0 Å². The van der Waals surface area contributed by atoms with Gasteiger partial charge in [-0.15, -0.1) is 6.58 Å². The first-order valence-corrected chi connectivity index (χ1v) is 6.22. The number of amides is 1. The summed E-state index contributed by atoms with van der Waals surface area (Å²) in [4.78, 5) is 22.4. The number of allylic oxidation sites excluding steroid dienone is 1. The van der Waals surface area contributed by atoms with Gasteiger partial charge in [-0.3, -0.25) is 4.79 Å². The summed E-state index contributed by atoms with van der Waals surface area (Å²) in [5.41, 5.74) is 0. The standard InChI is InChI=1S/C13H23NO4/c1-4-5-7-11(13(16)17)14-12(15)8-6-9-18-10(2)3/h4,10-11H,1,5-9H2,2-3H3,(H,14,15)(H,16,17). The SMILES string of the molecule is C=CCCC(NC(=O)CCCOC(C)C)C(=O)O. The Morgan fingerprint density at radius 3 is 2.61 bits per heavy atom. The molecule has 2 N–H and O–H groups in total. The van der Waals surface area contributed by atoms with Gasteiger partial charge in [-0.2, -0.15) is 0 Å². The Morgan fingerprint density at radius 2 is 2.11 bits per heavy atom. The normalized spacial score (nSPS) is 12.2. The van der Waals surface area contributed by atoms with Gasteiger partial charge in [-0.05, 0) is 33.1 Å². The molecule has 18 heavy (non-hydrogen) atoms. The maximum absolute atomic E-state index is 11.5. The van der Waals surface area contributed by atoms with Gasteiger partial charge >= 0.3 is 5.97 Å². The highest BCUT2D eigenvalue weighted by Gasteiger charge is 2.18. The van der Waals surface area contributed by atoms with E-state index in [2.05, 4.69) is 11.9 Å². The Hall–Kier alpha value is -1.36. The predicted octanol–water partition coefficient (Wildman–Crippen LogP) is 1.73. The maximum atomic E-state index is 11.5. The monoisotopic (exact) mass is 257 g/mol. The highest BCUT2D eigenvalue weighted by atomic mass is 16.5. The lowest BCUT2D eigenvalue weighted by Crippen LogP contribution is -2.40. The summed E-state index contributed by atoms with van der Waals surface area (Å²) in [6.07, 6.45) is 3.59. The van der Waals surface area contributed by atoms with Crippen molar-refractivity contribution in [3.05, 3.63) is 12.7 Å². The van der Waals surface area contributed by atoms with Crippen LogP contribution in [-0.4, -0.2) is 35.7 Å². The predicted molar refractivity (Wildman–Crippen MR) is 69.3 cm³/mol. The van der Waals surface area contributed by atoms with E-state index < -0.39 is 12.0 Å². The molecule has 0 aromatic carbocycles. The van der Waals surface area contributed by atoms with Gasteiger partial charge < -0.3 is 15.2 Å². The fraction of sp³-hybridized carbons (Fsp3) is 0.692. The van der Waals surface area contributed by atoms with E-state index >= 15 is 0 Å². The van der Waals surface area contributed by atoms with E-state index in [1.54, 1.807) is 6.08 Å². The van der Waals surface area contributed by atoms with Crippen molar-refractivity contribution in [1.29, 1.82) is 0 Å². The minimum absolute atomic E-state index is 0.146. The lowest BCUT2D eigenvalue weighted by molar-refractivity contribution is -0.142. The molecule has 0 aliphatic heterocycles. The molecule has 0 fully saturated rings. The second kappa shape index (κ2) is 9.65. The molecule has 1 atom stereocenters. The number of aliphatic carboxylic acids is 1. The first kappa shape index (κ1) is 16.6. The third kappa shape index (κ3) is 8.75. The lowest BCUT2D eigenvalue weighted by atomic mass is 10.1. The van der Waals surface area contributed by atoms with E-state index in [1.165, 1.54) is 0 Å². The van der Waals surface area contributed by atoms with Crippen LogP contribution >= 0.6 is 0 Å². The molecule has 1 unspecified atom stereocenters. The van der Waals surface area contributed by atoms with Crippen LogP contribution in [0.4, 0.5) is 0 Å². The number of rotatable bonds is 10. The number of carboxylic acids is 1. The quantitative estimate of drug-likeness (QED) is 0.461. The average molecular weight is 257 g/mol. The Bertz CT molecular complexity index is 276. The van der Waals surface area contributed by atoms with Crippen LogP contribution < -0.4 is 5.32 Å². The topological polar surface area (TPSA) is 75.6 Å². The fourth-order valence-corrected chi connectivity index (χ4v) is 1.36. The molecule has 0 radical (unpaired) electrons. The molecular formula is C13H23NO4. The summed E-state index contributed by atoms with van der Waals surface area (Å²) in [6, 6.07) is -0.832. The smallest absolute Gasteiger partial charge is 0.326 e. The van der Waals surface area contributed by atoms with Crippen molar-refractivity contribution in [2.24, 2.45) is 0 Å². The van der Waals surface area contributed by atoms with E-state index in [4.69, 9.17) is 9.84 Å². The summed E-state index contributed by atoms with van der Waals surface area (Å²) in [5.74, 6) is -1.26. The highest BCUT2D eigenvalue weighted by molar-refractivity contribution is 5.83. The summed E-state index contributed by atoms with van der Waals surface area (Å²) in [5, 5.41) is 11.4. The first-order valence-electron chi connectivity index (χ1n) is 6.22. The summed E-state index contributed by atoms with van der Waals surface area (Å²) < 4.78 is 5.30. The van der Waals surface area contributed by atoms with Crippen molar-refractivity contribution < 1.29 is 19.4 Å². The molecule has 0 aromatic rings. The molecule has 0 saturated heterocycles. The van der Waals surface area contributed by atoms with Crippen LogP contribution in [-0.2, 0) is 14.3 Å². The third-order valence-corrected chi connectivity index (χ3v) is 2.29. The molecule has 0 rings (SSSR count). The van der Waals surface area contributed by atoms with Crippen molar-refractivity contribution in [2.45, 2.75) is 51.7 Å². The third-order valence-electron chi connectivity index (χ3n) is 2.29. The molecule has 0 aromatic heterocycles. The van der Waals surface area contributed by atoms with Gasteiger partial charge in [0.15, 0.2) is 0 Å². The zero-order valence-electron chi connectivity index (χ0n) is 11.1. The Morgan fingerprint density at radius 1 is 1.44 bits per heavy atom. The zero-order chi connectivity index (χ0) is 14.0. The van der Waals surface area contributed by atoms with Crippen molar-refractivity contribution >= 4 is 11.9 Å². The molecule has 5 heteroatoms. The number of carbonyl (C=O) groups is 2. The van der Waals surface area contributed by atoms with Gasteiger partial charge in [-0.25, -0.2) is 4.79 Å². The second-order valence-corrected chi connectivity index (χ2v) is 4.35. The summed E-state index contributed by atoms with van der Waals surface area (Å²) in [7, 11) is 0.